The average Bonchev–Trinajstić information content (AvgIpc) is 2.49. The summed E-state index contributed by atoms with van der Waals surface area (Å²) in [7, 11) is 0. The first-order chi connectivity index (χ1) is 9.81. The molecule has 0 aliphatic carbocycles. The third kappa shape index (κ3) is 2.75. The van der Waals surface area contributed by atoms with E-state index in [1.165, 1.54) is 0 Å². The Hall–Kier alpha value is -2.88. The number of hydrogen-bond acceptors (Lipinski definition) is 4. The Morgan fingerprint density at radius 2 is 1.50 bits per heavy atom. The molecule has 0 spiro atoms. The van der Waals surface area contributed by atoms with E-state index in [0.29, 0.717) is 11.6 Å². The van der Waals surface area contributed by atoms with Crippen molar-refractivity contribution in [1.82, 2.24) is 9.97 Å². The van der Waals surface area contributed by atoms with E-state index in [1.807, 2.05) is 54.6 Å². The van der Waals surface area contributed by atoms with Gasteiger partial charge in [0, 0.05) is 11.8 Å². The quantitative estimate of drug-likeness (QED) is 0.785. The number of nitrogens with zero attached hydrogens (tertiary/aromatic N) is 2. The van der Waals surface area contributed by atoms with Gasteiger partial charge in [-0.2, -0.15) is 0 Å². The Morgan fingerprint density at radius 1 is 0.800 bits per heavy atom. The molecule has 20 heavy (non-hydrogen) atoms. The molecule has 1 heterocycles. The summed E-state index contributed by atoms with van der Waals surface area (Å²) in [6.45, 7) is 0. The summed E-state index contributed by atoms with van der Waals surface area (Å²) in [4.78, 5) is 8.37. The lowest BCUT2D eigenvalue weighted by Crippen LogP contribution is -1.94. The Kier molecular flexibility index (Phi) is 3.29. The highest BCUT2D eigenvalue weighted by atomic mass is 16.5. The molecule has 2 aromatic carbocycles. The van der Waals surface area contributed by atoms with Crippen molar-refractivity contribution in [3.05, 3.63) is 66.9 Å². The van der Waals surface area contributed by atoms with Gasteiger partial charge in [0.1, 0.15) is 17.3 Å². The zero-order chi connectivity index (χ0) is 13.8. The fraction of sp³-hybridized carbons (Fsp3) is 0. The predicted molar refractivity (Wildman–Crippen MR) is 78.4 cm³/mol. The molecular formula is C16H13N3O. The molecule has 0 saturated carbocycles. The number of hydrogen-bond donors (Lipinski definition) is 1. The van der Waals surface area contributed by atoms with Crippen LogP contribution in [0.25, 0.3) is 11.4 Å². The number of ether oxygens (including phenoxy) is 1. The van der Waals surface area contributed by atoms with E-state index in [9.17, 15) is 0 Å². The second-order valence-electron chi connectivity index (χ2n) is 4.24. The van der Waals surface area contributed by atoms with Gasteiger partial charge in [0.05, 0.1) is 0 Å². The van der Waals surface area contributed by atoms with E-state index in [-0.39, 0.29) is 0 Å². The van der Waals surface area contributed by atoms with Gasteiger partial charge in [0.2, 0.25) is 0 Å². The normalized spacial score (nSPS) is 10.2. The molecular weight excluding hydrogens is 250 g/mol. The summed E-state index contributed by atoms with van der Waals surface area (Å²) < 4.78 is 5.73. The molecule has 0 amide bonds. The van der Waals surface area contributed by atoms with Crippen LogP contribution in [0, 0.1) is 0 Å². The highest BCUT2D eigenvalue weighted by molar-refractivity contribution is 5.57. The standard InChI is InChI=1S/C16H13N3O/c17-15-10-11-18-16(19-15)12-6-8-14(9-7-12)20-13-4-2-1-3-5-13/h1-11H,(H2,17,18,19). The van der Waals surface area contributed by atoms with Crippen molar-refractivity contribution in [1.29, 1.82) is 0 Å². The zero-order valence-corrected chi connectivity index (χ0v) is 10.7. The molecule has 0 atom stereocenters. The first kappa shape index (κ1) is 12.2. The monoisotopic (exact) mass is 263 g/mol. The molecule has 0 bridgehead atoms. The number of rotatable bonds is 3. The second kappa shape index (κ2) is 5.40. The molecule has 0 fully saturated rings. The van der Waals surface area contributed by atoms with Crippen molar-refractivity contribution >= 4 is 5.82 Å². The highest BCUT2D eigenvalue weighted by Gasteiger charge is 2.02. The Labute approximate surface area is 116 Å². The third-order valence-electron chi connectivity index (χ3n) is 2.77. The molecule has 4 heteroatoms. The van der Waals surface area contributed by atoms with Gasteiger partial charge >= 0.3 is 0 Å². The van der Waals surface area contributed by atoms with E-state index in [4.69, 9.17) is 10.5 Å². The first-order valence-corrected chi connectivity index (χ1v) is 6.23. The van der Waals surface area contributed by atoms with E-state index in [2.05, 4.69) is 9.97 Å². The van der Waals surface area contributed by atoms with Crippen molar-refractivity contribution < 1.29 is 4.74 Å². The maximum absolute atomic E-state index is 5.73. The van der Waals surface area contributed by atoms with Gasteiger partial charge in [0.25, 0.3) is 0 Å². The third-order valence-corrected chi connectivity index (χ3v) is 2.77. The van der Waals surface area contributed by atoms with Crippen molar-refractivity contribution in [2.24, 2.45) is 0 Å². The molecule has 0 saturated heterocycles. The lowest BCUT2D eigenvalue weighted by atomic mass is 10.2. The van der Waals surface area contributed by atoms with Gasteiger partial charge in [-0.3, -0.25) is 0 Å². The van der Waals surface area contributed by atoms with Crippen LogP contribution >= 0.6 is 0 Å². The number of nitrogens with two attached hydrogens (primary N) is 1. The molecule has 0 radical (unpaired) electrons. The van der Waals surface area contributed by atoms with Gasteiger partial charge in [-0.1, -0.05) is 18.2 Å². The minimum absolute atomic E-state index is 0.458. The molecule has 0 aliphatic rings. The van der Waals surface area contributed by atoms with Gasteiger partial charge in [-0.05, 0) is 42.5 Å². The van der Waals surface area contributed by atoms with Crippen molar-refractivity contribution in [2.45, 2.75) is 0 Å². The average molecular weight is 263 g/mol. The Balaban J connectivity index is 1.81. The molecule has 0 unspecified atom stereocenters. The van der Waals surface area contributed by atoms with Crippen molar-refractivity contribution in [2.75, 3.05) is 5.73 Å². The fourth-order valence-corrected chi connectivity index (χ4v) is 1.81. The first-order valence-electron chi connectivity index (χ1n) is 6.23. The topological polar surface area (TPSA) is 61.0 Å². The number of aromatic nitrogens is 2. The van der Waals surface area contributed by atoms with Crippen LogP contribution in [-0.2, 0) is 0 Å². The highest BCUT2D eigenvalue weighted by Crippen LogP contribution is 2.24. The van der Waals surface area contributed by atoms with Crippen LogP contribution < -0.4 is 10.5 Å². The predicted octanol–water partition coefficient (Wildman–Crippen LogP) is 3.52. The van der Waals surface area contributed by atoms with E-state index in [1.54, 1.807) is 12.3 Å². The SMILES string of the molecule is Nc1ccnc(-c2ccc(Oc3ccccc3)cc2)n1. The summed E-state index contributed by atoms with van der Waals surface area (Å²) in [5.41, 5.74) is 6.55. The minimum atomic E-state index is 0.458. The van der Waals surface area contributed by atoms with E-state index < -0.39 is 0 Å². The van der Waals surface area contributed by atoms with Crippen molar-refractivity contribution in [3.63, 3.8) is 0 Å². The summed E-state index contributed by atoms with van der Waals surface area (Å²) in [5, 5.41) is 0. The molecule has 3 aromatic rings. The lowest BCUT2D eigenvalue weighted by molar-refractivity contribution is 0.483. The molecule has 4 nitrogen and oxygen atoms in total. The van der Waals surface area contributed by atoms with Gasteiger partial charge < -0.3 is 10.5 Å². The van der Waals surface area contributed by atoms with E-state index >= 15 is 0 Å². The summed E-state index contributed by atoms with van der Waals surface area (Å²) in [6, 6.07) is 18.9. The minimum Gasteiger partial charge on any atom is -0.457 e. The van der Waals surface area contributed by atoms with Crippen LogP contribution in [0.1, 0.15) is 0 Å². The van der Waals surface area contributed by atoms with Gasteiger partial charge in [-0.25, -0.2) is 9.97 Å². The number of para-hydroxylation sites is 1. The van der Waals surface area contributed by atoms with Crippen molar-refractivity contribution in [3.8, 4) is 22.9 Å². The number of benzene rings is 2. The van der Waals surface area contributed by atoms with Gasteiger partial charge in [0.15, 0.2) is 5.82 Å². The Bertz CT molecular complexity index is 696. The Morgan fingerprint density at radius 3 is 2.20 bits per heavy atom. The lowest BCUT2D eigenvalue weighted by Gasteiger charge is -2.06. The second-order valence-corrected chi connectivity index (χ2v) is 4.24. The van der Waals surface area contributed by atoms with Crippen LogP contribution in [0.3, 0.4) is 0 Å². The summed E-state index contributed by atoms with van der Waals surface area (Å²) in [5.74, 6) is 2.64. The van der Waals surface area contributed by atoms with Crippen LogP contribution in [0.5, 0.6) is 11.5 Å². The van der Waals surface area contributed by atoms with E-state index in [0.717, 1.165) is 17.1 Å². The maximum Gasteiger partial charge on any atom is 0.161 e. The number of nitrogen functional groups attached to an aromatic ring is 1. The van der Waals surface area contributed by atoms with Gasteiger partial charge in [-0.15, -0.1) is 0 Å². The maximum atomic E-state index is 5.73. The largest absolute Gasteiger partial charge is 0.457 e. The molecule has 1 aromatic heterocycles. The van der Waals surface area contributed by atoms with Crippen LogP contribution in [-0.4, -0.2) is 9.97 Å². The number of anilines is 1. The molecule has 0 aliphatic heterocycles. The summed E-state index contributed by atoms with van der Waals surface area (Å²) in [6.07, 6.45) is 1.64. The fourth-order valence-electron chi connectivity index (χ4n) is 1.81. The summed E-state index contributed by atoms with van der Waals surface area (Å²) >= 11 is 0. The molecule has 98 valence electrons. The van der Waals surface area contributed by atoms with Crippen LogP contribution in [0.15, 0.2) is 66.9 Å². The zero-order valence-electron chi connectivity index (χ0n) is 10.7. The molecule has 2 N–H and O–H groups in total. The van der Waals surface area contributed by atoms with Crippen LogP contribution in [0.4, 0.5) is 5.82 Å². The smallest absolute Gasteiger partial charge is 0.161 e. The van der Waals surface area contributed by atoms with Crippen LogP contribution in [0.2, 0.25) is 0 Å². The molecule has 3 rings (SSSR count).